The molecule has 3 rings (SSSR count). The smallest absolute Gasteiger partial charge is 0.234 e. The predicted octanol–water partition coefficient (Wildman–Crippen LogP) is 3.56. The van der Waals surface area contributed by atoms with Crippen LogP contribution >= 0.6 is 23.4 Å². The van der Waals surface area contributed by atoms with Crippen molar-refractivity contribution in [2.45, 2.75) is 43.3 Å². The van der Waals surface area contributed by atoms with Crippen molar-refractivity contribution in [3.8, 4) is 0 Å². The molecule has 1 fully saturated rings. The molecule has 1 amide bonds. The van der Waals surface area contributed by atoms with Gasteiger partial charge >= 0.3 is 0 Å². The highest BCUT2D eigenvalue weighted by atomic mass is 35.5. The molecule has 0 radical (unpaired) electrons. The van der Waals surface area contributed by atoms with Gasteiger partial charge in [-0.3, -0.25) is 4.79 Å². The first-order chi connectivity index (χ1) is 11.2. The minimum atomic E-state index is -0.0875. The number of amides is 1. The van der Waals surface area contributed by atoms with Crippen molar-refractivity contribution in [1.29, 1.82) is 0 Å². The van der Waals surface area contributed by atoms with Gasteiger partial charge in [0.2, 0.25) is 11.1 Å². The number of hydrogen-bond acceptors (Lipinski definition) is 5. The van der Waals surface area contributed by atoms with E-state index >= 15 is 0 Å². The van der Waals surface area contributed by atoms with Gasteiger partial charge in [0.25, 0.3) is 0 Å². The van der Waals surface area contributed by atoms with Gasteiger partial charge in [0.05, 0.1) is 11.8 Å². The van der Waals surface area contributed by atoms with Crippen LogP contribution in [0.4, 0.5) is 5.69 Å². The molecule has 2 aromatic rings. The van der Waals surface area contributed by atoms with Crippen molar-refractivity contribution in [3.63, 3.8) is 0 Å². The van der Waals surface area contributed by atoms with E-state index in [-0.39, 0.29) is 11.7 Å². The summed E-state index contributed by atoms with van der Waals surface area (Å²) >= 11 is 7.19. The van der Waals surface area contributed by atoms with Crippen LogP contribution in [0.15, 0.2) is 29.4 Å². The fraction of sp³-hybridized carbons (Fsp3) is 0.467. The molecule has 1 aromatic carbocycles. The third kappa shape index (κ3) is 4.45. The molecule has 0 atom stereocenters. The van der Waals surface area contributed by atoms with Crippen LogP contribution in [0.5, 0.6) is 0 Å². The number of benzene rings is 1. The van der Waals surface area contributed by atoms with Gasteiger partial charge in [0.15, 0.2) is 0 Å². The van der Waals surface area contributed by atoms with Crippen LogP contribution in [-0.4, -0.2) is 31.9 Å². The molecule has 0 spiro atoms. The minimum absolute atomic E-state index is 0.0875. The van der Waals surface area contributed by atoms with Crippen molar-refractivity contribution >= 4 is 35.0 Å². The summed E-state index contributed by atoms with van der Waals surface area (Å²) < 4.78 is 1.87. The Labute approximate surface area is 144 Å². The second-order valence-electron chi connectivity index (χ2n) is 5.54. The van der Waals surface area contributed by atoms with Gasteiger partial charge in [0, 0.05) is 10.7 Å². The molecule has 0 unspecified atom stereocenters. The number of tetrazole rings is 1. The zero-order chi connectivity index (χ0) is 16.1. The SMILES string of the molecule is O=C(CSc1nnnn1C1CCCCC1)Nc1ccc(Cl)cc1. The lowest BCUT2D eigenvalue weighted by atomic mass is 9.96. The third-order valence-electron chi connectivity index (χ3n) is 3.84. The van der Waals surface area contributed by atoms with Gasteiger partial charge < -0.3 is 5.32 Å². The summed E-state index contributed by atoms with van der Waals surface area (Å²) in [7, 11) is 0. The molecule has 6 nitrogen and oxygen atoms in total. The second-order valence-corrected chi connectivity index (χ2v) is 6.92. The molecular formula is C15H18ClN5OS. The Morgan fingerprint density at radius 2 is 2.00 bits per heavy atom. The number of hydrogen-bond donors (Lipinski definition) is 1. The molecule has 1 saturated carbocycles. The van der Waals surface area contributed by atoms with E-state index < -0.39 is 0 Å². The highest BCUT2D eigenvalue weighted by Gasteiger charge is 2.20. The first-order valence-electron chi connectivity index (χ1n) is 7.68. The lowest BCUT2D eigenvalue weighted by Crippen LogP contribution is -2.17. The molecule has 0 aliphatic heterocycles. The Bertz CT molecular complexity index is 654. The van der Waals surface area contributed by atoms with Gasteiger partial charge in [-0.15, -0.1) is 5.10 Å². The highest BCUT2D eigenvalue weighted by Crippen LogP contribution is 2.30. The zero-order valence-corrected chi connectivity index (χ0v) is 14.2. The molecule has 0 bridgehead atoms. The minimum Gasteiger partial charge on any atom is -0.325 e. The molecule has 1 heterocycles. The Kier molecular flexibility index (Phi) is 5.51. The predicted molar refractivity (Wildman–Crippen MR) is 90.7 cm³/mol. The van der Waals surface area contributed by atoms with Crippen LogP contribution in [0, 0.1) is 0 Å². The third-order valence-corrected chi connectivity index (χ3v) is 5.03. The van der Waals surface area contributed by atoms with E-state index in [0.29, 0.717) is 16.2 Å². The van der Waals surface area contributed by atoms with E-state index in [4.69, 9.17) is 11.6 Å². The molecule has 1 N–H and O–H groups in total. The standard InChI is InChI=1S/C15H18ClN5OS/c16-11-6-8-12(9-7-11)17-14(22)10-23-15-18-19-20-21(15)13-4-2-1-3-5-13/h6-9,13H,1-5,10H2,(H,17,22). The van der Waals surface area contributed by atoms with Crippen molar-refractivity contribution in [1.82, 2.24) is 20.2 Å². The normalized spacial score (nSPS) is 15.5. The molecule has 23 heavy (non-hydrogen) atoms. The Morgan fingerprint density at radius 3 is 2.74 bits per heavy atom. The van der Waals surface area contributed by atoms with Crippen molar-refractivity contribution in [2.75, 3.05) is 11.1 Å². The molecule has 1 aliphatic carbocycles. The Hall–Kier alpha value is -1.60. The van der Waals surface area contributed by atoms with Crippen molar-refractivity contribution in [2.24, 2.45) is 0 Å². The van der Waals surface area contributed by atoms with Crippen LogP contribution in [0.2, 0.25) is 5.02 Å². The number of nitrogens with one attached hydrogen (secondary N) is 1. The maximum atomic E-state index is 12.0. The molecule has 0 saturated heterocycles. The Balaban J connectivity index is 1.55. The summed E-state index contributed by atoms with van der Waals surface area (Å²) in [5.41, 5.74) is 0.729. The lowest BCUT2D eigenvalue weighted by molar-refractivity contribution is -0.113. The lowest BCUT2D eigenvalue weighted by Gasteiger charge is -2.21. The van der Waals surface area contributed by atoms with Crippen LogP contribution < -0.4 is 5.32 Å². The fourth-order valence-electron chi connectivity index (χ4n) is 2.70. The van der Waals surface area contributed by atoms with Gasteiger partial charge in [0.1, 0.15) is 0 Å². The topological polar surface area (TPSA) is 72.7 Å². The van der Waals surface area contributed by atoms with Crippen molar-refractivity contribution < 1.29 is 4.79 Å². The number of anilines is 1. The number of aromatic nitrogens is 4. The monoisotopic (exact) mass is 351 g/mol. The number of rotatable bonds is 5. The summed E-state index contributed by atoms with van der Waals surface area (Å²) in [5, 5.41) is 16.1. The van der Waals surface area contributed by atoms with Crippen LogP contribution in [-0.2, 0) is 4.79 Å². The summed E-state index contributed by atoms with van der Waals surface area (Å²) in [6, 6.07) is 7.40. The van der Waals surface area contributed by atoms with E-state index in [1.807, 2.05) is 4.68 Å². The molecule has 8 heteroatoms. The van der Waals surface area contributed by atoms with E-state index in [1.54, 1.807) is 24.3 Å². The fourth-order valence-corrected chi connectivity index (χ4v) is 3.57. The molecule has 122 valence electrons. The van der Waals surface area contributed by atoms with Crippen LogP contribution in [0.25, 0.3) is 0 Å². The largest absolute Gasteiger partial charge is 0.325 e. The average molecular weight is 352 g/mol. The van der Waals surface area contributed by atoms with Crippen molar-refractivity contribution in [3.05, 3.63) is 29.3 Å². The van der Waals surface area contributed by atoms with Gasteiger partial charge in [-0.25, -0.2) is 4.68 Å². The first kappa shape index (κ1) is 16.3. The molecule has 1 aromatic heterocycles. The molecular weight excluding hydrogens is 334 g/mol. The second kappa shape index (κ2) is 7.79. The number of nitrogens with zero attached hydrogens (tertiary/aromatic N) is 4. The van der Waals surface area contributed by atoms with Gasteiger partial charge in [-0.1, -0.05) is 42.6 Å². The molecule has 1 aliphatic rings. The van der Waals surface area contributed by atoms with Crippen LogP contribution in [0.3, 0.4) is 0 Å². The first-order valence-corrected chi connectivity index (χ1v) is 9.05. The highest BCUT2D eigenvalue weighted by molar-refractivity contribution is 7.99. The number of halogens is 1. The van der Waals surface area contributed by atoms with Crippen LogP contribution in [0.1, 0.15) is 38.1 Å². The van der Waals surface area contributed by atoms with E-state index in [2.05, 4.69) is 20.8 Å². The zero-order valence-electron chi connectivity index (χ0n) is 12.6. The maximum Gasteiger partial charge on any atom is 0.234 e. The maximum absolute atomic E-state index is 12.0. The van der Waals surface area contributed by atoms with Gasteiger partial charge in [-0.05, 0) is 47.5 Å². The van der Waals surface area contributed by atoms with E-state index in [1.165, 1.54) is 31.0 Å². The van der Waals surface area contributed by atoms with E-state index in [0.717, 1.165) is 18.5 Å². The summed E-state index contributed by atoms with van der Waals surface area (Å²) in [5.74, 6) is 0.186. The average Bonchev–Trinajstić information content (AvgIpc) is 3.04. The summed E-state index contributed by atoms with van der Waals surface area (Å²) in [6.07, 6.45) is 5.92. The Morgan fingerprint density at radius 1 is 1.26 bits per heavy atom. The number of carbonyl (C=O) groups is 1. The quantitative estimate of drug-likeness (QED) is 0.834. The van der Waals surface area contributed by atoms with Gasteiger partial charge in [-0.2, -0.15) is 0 Å². The van der Waals surface area contributed by atoms with E-state index in [9.17, 15) is 4.79 Å². The number of carbonyl (C=O) groups excluding carboxylic acids is 1. The summed E-state index contributed by atoms with van der Waals surface area (Å²) in [6.45, 7) is 0. The summed E-state index contributed by atoms with van der Waals surface area (Å²) in [4.78, 5) is 12.0. The number of thioether (sulfide) groups is 1.